The van der Waals surface area contributed by atoms with E-state index in [1.807, 2.05) is 62.5 Å². The summed E-state index contributed by atoms with van der Waals surface area (Å²) in [6, 6.07) is 15.6. The van der Waals surface area contributed by atoms with Gasteiger partial charge in [0.2, 0.25) is 11.8 Å². The highest BCUT2D eigenvalue weighted by molar-refractivity contribution is 7.09. The second-order valence-corrected chi connectivity index (χ2v) is 13.0. The van der Waals surface area contributed by atoms with Gasteiger partial charge in [-0.2, -0.15) is 4.98 Å². The molecule has 0 radical (unpaired) electrons. The van der Waals surface area contributed by atoms with Gasteiger partial charge in [-0.1, -0.05) is 44.2 Å². The molecule has 5 rings (SSSR count). The molecule has 2 amide bonds. The Hall–Kier alpha value is -5.14. The van der Waals surface area contributed by atoms with Crippen molar-refractivity contribution >= 4 is 34.9 Å². The molecule has 13 heteroatoms. The van der Waals surface area contributed by atoms with Crippen LogP contribution >= 0.6 is 11.3 Å². The number of nitrogens with one attached hydrogen (secondary N) is 1. The Kier molecular flexibility index (Phi) is 10.8. The van der Waals surface area contributed by atoms with E-state index in [4.69, 9.17) is 10.2 Å². The van der Waals surface area contributed by atoms with E-state index in [0.29, 0.717) is 24.3 Å². The van der Waals surface area contributed by atoms with E-state index >= 15 is 0 Å². The number of aliphatic hydroxyl groups is 1. The fraction of sp³-hybridized carbons (Fsp3) is 0.314. The number of amides is 2. The molecule has 3 heterocycles. The minimum atomic E-state index is -1.01. The van der Waals surface area contributed by atoms with Gasteiger partial charge in [0.1, 0.15) is 17.1 Å². The Morgan fingerprint density at radius 3 is 2.46 bits per heavy atom. The lowest BCUT2D eigenvalue weighted by Crippen LogP contribution is -2.49. The van der Waals surface area contributed by atoms with Crippen LogP contribution in [0.15, 0.2) is 76.9 Å². The van der Waals surface area contributed by atoms with Crippen LogP contribution in [-0.2, 0) is 13.0 Å². The average molecular weight is 669 g/mol. The summed E-state index contributed by atoms with van der Waals surface area (Å²) in [5.41, 5.74) is 9.57. The van der Waals surface area contributed by atoms with Crippen LogP contribution in [0.25, 0.3) is 11.5 Å². The number of nitrogens with zero attached hydrogens (tertiary/aromatic N) is 6. The van der Waals surface area contributed by atoms with Gasteiger partial charge in [0.05, 0.1) is 30.6 Å². The van der Waals surface area contributed by atoms with Crippen molar-refractivity contribution < 1.29 is 19.1 Å². The lowest BCUT2D eigenvalue weighted by Gasteiger charge is -2.29. The monoisotopic (exact) mass is 668 g/mol. The highest BCUT2D eigenvalue weighted by atomic mass is 32.1. The van der Waals surface area contributed by atoms with E-state index in [1.54, 1.807) is 42.1 Å². The number of likely N-dealkylation sites (N-methyl/N-ethyl adjacent to an activating group) is 1. The summed E-state index contributed by atoms with van der Waals surface area (Å²) in [4.78, 5) is 48.3. The number of aliphatic hydroxyl groups excluding tert-OH is 1. The summed E-state index contributed by atoms with van der Waals surface area (Å²) in [6.07, 6.45) is 2.27. The fourth-order valence-electron chi connectivity index (χ4n) is 5.21. The molecule has 12 nitrogen and oxygen atoms in total. The highest BCUT2D eigenvalue weighted by Gasteiger charge is 2.26. The largest absolute Gasteiger partial charge is 0.445 e. The third-order valence-corrected chi connectivity index (χ3v) is 8.73. The van der Waals surface area contributed by atoms with Gasteiger partial charge >= 0.3 is 0 Å². The lowest BCUT2D eigenvalue weighted by molar-refractivity contribution is 0.0785. The summed E-state index contributed by atoms with van der Waals surface area (Å²) >= 11 is 1.48. The first kappa shape index (κ1) is 34.2. The van der Waals surface area contributed by atoms with E-state index in [1.165, 1.54) is 23.8 Å². The predicted octanol–water partition coefficient (Wildman–Crippen LogP) is 4.71. The van der Waals surface area contributed by atoms with Gasteiger partial charge in [-0.3, -0.25) is 9.59 Å². The molecule has 4 N–H and O–H groups in total. The number of aromatic nitrogens is 4. The quantitative estimate of drug-likeness (QED) is 0.160. The standard InChI is InChI=1S/C35H40N8O4S/c1-21(2)27-17-30(41-35(36)40-27)42(4)18-29(44)28(13-23-9-7-6-8-10-23)39-32(45)24-14-25(33-37-11-12-47-33)16-26(15-24)34(46)43(5)19-31-38-22(3)20-48-31/h6-12,14-17,20-21,28-29,44H,13,18-19H2,1-5H3,(H,39,45)(H2,36,40,41)/t28-,29+/m0/s1. The van der Waals surface area contributed by atoms with Crippen LogP contribution in [0.3, 0.4) is 0 Å². The molecule has 2 aromatic carbocycles. The number of anilines is 2. The molecule has 48 heavy (non-hydrogen) atoms. The number of hydrogen-bond acceptors (Lipinski definition) is 11. The van der Waals surface area contributed by atoms with Gasteiger partial charge in [-0.25, -0.2) is 15.0 Å². The number of nitrogens with two attached hydrogens (primary N) is 1. The first-order chi connectivity index (χ1) is 23.0. The van der Waals surface area contributed by atoms with Gasteiger partial charge in [-0.15, -0.1) is 11.3 Å². The van der Waals surface area contributed by atoms with Gasteiger partial charge in [-0.05, 0) is 43.0 Å². The molecule has 5 aromatic rings. The molecule has 0 spiro atoms. The van der Waals surface area contributed by atoms with Crippen molar-refractivity contribution in [2.24, 2.45) is 0 Å². The Labute approximate surface area is 283 Å². The van der Waals surface area contributed by atoms with Crippen LogP contribution < -0.4 is 16.0 Å². The van der Waals surface area contributed by atoms with Crippen molar-refractivity contribution in [1.82, 2.24) is 30.2 Å². The third-order valence-electron chi connectivity index (χ3n) is 7.78. The van der Waals surface area contributed by atoms with Crippen molar-refractivity contribution in [3.05, 3.63) is 106 Å². The number of carbonyl (C=O) groups excluding carboxylic acids is 2. The number of benzene rings is 2. The zero-order valence-corrected chi connectivity index (χ0v) is 28.4. The van der Waals surface area contributed by atoms with E-state index in [9.17, 15) is 14.7 Å². The number of thiazole rings is 1. The van der Waals surface area contributed by atoms with E-state index in [0.717, 1.165) is 22.0 Å². The zero-order chi connectivity index (χ0) is 34.4. The molecule has 0 aliphatic rings. The smallest absolute Gasteiger partial charge is 0.254 e. The number of nitrogen functional groups attached to an aromatic ring is 1. The Balaban J connectivity index is 1.42. The molecule has 0 bridgehead atoms. The summed E-state index contributed by atoms with van der Waals surface area (Å²) < 4.78 is 5.52. The number of oxazole rings is 1. The topological polar surface area (TPSA) is 164 Å². The molecule has 3 aromatic heterocycles. The second-order valence-electron chi connectivity index (χ2n) is 12.1. The van der Waals surface area contributed by atoms with E-state index < -0.39 is 18.1 Å². The molecule has 2 atom stereocenters. The minimum Gasteiger partial charge on any atom is -0.445 e. The lowest BCUT2D eigenvalue weighted by atomic mass is 9.99. The summed E-state index contributed by atoms with van der Waals surface area (Å²) in [6.45, 7) is 6.40. The maximum Gasteiger partial charge on any atom is 0.254 e. The fourth-order valence-corrected chi connectivity index (χ4v) is 6.03. The highest BCUT2D eigenvalue weighted by Crippen LogP contribution is 2.24. The molecule has 0 fully saturated rings. The molecule has 0 saturated heterocycles. The van der Waals surface area contributed by atoms with Crippen molar-refractivity contribution in [2.45, 2.75) is 51.8 Å². The summed E-state index contributed by atoms with van der Waals surface area (Å²) in [7, 11) is 3.49. The van der Waals surface area contributed by atoms with Crippen LogP contribution in [0.1, 0.15) is 62.4 Å². The Morgan fingerprint density at radius 2 is 1.79 bits per heavy atom. The molecular weight excluding hydrogens is 629 g/mol. The van der Waals surface area contributed by atoms with E-state index in [2.05, 4.69) is 25.3 Å². The number of hydrogen-bond donors (Lipinski definition) is 3. The third kappa shape index (κ3) is 8.60. The van der Waals surface area contributed by atoms with Crippen molar-refractivity contribution in [3.8, 4) is 11.5 Å². The Morgan fingerprint density at radius 1 is 1.04 bits per heavy atom. The SMILES string of the molecule is Cc1csc(CN(C)C(=O)c2cc(C(=O)N[C@@H](Cc3ccccc3)[C@H](O)CN(C)c3cc(C(C)C)nc(N)n3)cc(-c3ncco3)c2)n1. The summed E-state index contributed by atoms with van der Waals surface area (Å²) in [5.74, 6) is 0.357. The normalized spacial score (nSPS) is 12.5. The van der Waals surface area contributed by atoms with E-state index in [-0.39, 0.29) is 41.3 Å². The molecule has 0 aliphatic carbocycles. The van der Waals surface area contributed by atoms with Crippen molar-refractivity contribution in [2.75, 3.05) is 31.3 Å². The molecule has 0 saturated carbocycles. The summed E-state index contributed by atoms with van der Waals surface area (Å²) in [5, 5.41) is 17.4. The number of carbonyl (C=O) groups is 2. The van der Waals surface area contributed by atoms with Crippen LogP contribution in [0, 0.1) is 6.92 Å². The van der Waals surface area contributed by atoms with Gasteiger partial charge < -0.3 is 30.4 Å². The average Bonchev–Trinajstić information content (AvgIpc) is 3.76. The first-order valence-corrected chi connectivity index (χ1v) is 16.4. The molecule has 0 aliphatic heterocycles. The van der Waals surface area contributed by atoms with Crippen LogP contribution in [-0.4, -0.2) is 74.5 Å². The van der Waals surface area contributed by atoms with Crippen molar-refractivity contribution in [3.63, 3.8) is 0 Å². The van der Waals surface area contributed by atoms with Crippen molar-refractivity contribution in [1.29, 1.82) is 0 Å². The minimum absolute atomic E-state index is 0.137. The first-order valence-electron chi connectivity index (χ1n) is 15.6. The molecule has 250 valence electrons. The van der Waals surface area contributed by atoms with Gasteiger partial charge in [0.25, 0.3) is 11.8 Å². The second kappa shape index (κ2) is 15.2. The van der Waals surface area contributed by atoms with Crippen LogP contribution in [0.4, 0.5) is 11.8 Å². The molecular formula is C35H40N8O4S. The zero-order valence-electron chi connectivity index (χ0n) is 27.6. The maximum absolute atomic E-state index is 14.0. The predicted molar refractivity (Wildman–Crippen MR) is 186 cm³/mol. The number of aryl methyl sites for hydroxylation is 1. The maximum atomic E-state index is 14.0. The Bertz CT molecular complexity index is 1840. The van der Waals surface area contributed by atoms with Crippen LogP contribution in [0.5, 0.6) is 0 Å². The van der Waals surface area contributed by atoms with Gasteiger partial charge in [0.15, 0.2) is 0 Å². The van der Waals surface area contributed by atoms with Gasteiger partial charge in [0, 0.05) is 54.5 Å². The number of rotatable bonds is 13. The van der Waals surface area contributed by atoms with Crippen LogP contribution in [0.2, 0.25) is 0 Å². The molecule has 0 unspecified atom stereocenters.